The van der Waals surface area contributed by atoms with Crippen molar-refractivity contribution in [1.29, 1.82) is 0 Å². The van der Waals surface area contributed by atoms with E-state index in [1.807, 2.05) is 70.1 Å². The third kappa shape index (κ3) is 3.15. The molecule has 0 N–H and O–H groups in total. The van der Waals surface area contributed by atoms with E-state index in [1.54, 1.807) is 24.8 Å². The third-order valence-electron chi connectivity index (χ3n) is 5.87. The van der Waals surface area contributed by atoms with Crippen molar-refractivity contribution in [2.45, 2.75) is 19.3 Å². The molecule has 0 unspecified atom stereocenters. The van der Waals surface area contributed by atoms with Crippen LogP contribution in [0.4, 0.5) is 0 Å². The van der Waals surface area contributed by atoms with Gasteiger partial charge in [0.2, 0.25) is 0 Å². The summed E-state index contributed by atoms with van der Waals surface area (Å²) in [5, 5.41) is 0. The lowest BCUT2D eigenvalue weighted by Crippen LogP contribution is -2.23. The first kappa shape index (κ1) is 19.2. The van der Waals surface area contributed by atoms with Gasteiger partial charge in [-0.2, -0.15) is 0 Å². The molecule has 0 aliphatic heterocycles. The fourth-order valence-corrected chi connectivity index (χ4v) is 4.03. The van der Waals surface area contributed by atoms with E-state index in [1.165, 1.54) is 0 Å². The molecule has 6 aromatic heterocycles. The van der Waals surface area contributed by atoms with E-state index in [9.17, 15) is 0 Å². The highest BCUT2D eigenvalue weighted by molar-refractivity contribution is 5.73. The first-order valence-corrected chi connectivity index (χ1v) is 10.6. The minimum atomic E-state index is -0.435. The van der Waals surface area contributed by atoms with Crippen molar-refractivity contribution in [3.8, 4) is 11.6 Å². The summed E-state index contributed by atoms with van der Waals surface area (Å²) < 4.78 is 3.91. The van der Waals surface area contributed by atoms with Gasteiger partial charge in [0, 0.05) is 42.6 Å². The zero-order valence-corrected chi connectivity index (χ0v) is 18.2. The minimum absolute atomic E-state index is 0.435. The number of rotatable bonds is 4. The van der Waals surface area contributed by atoms with Gasteiger partial charge in [-0.25, -0.2) is 19.9 Å². The lowest BCUT2D eigenvalue weighted by Gasteiger charge is -2.25. The number of hydrogen-bond acceptors (Lipinski definition) is 6. The zero-order chi connectivity index (χ0) is 22.4. The molecule has 33 heavy (non-hydrogen) atoms. The molecule has 0 spiro atoms. The van der Waals surface area contributed by atoms with E-state index >= 15 is 0 Å². The molecule has 8 heteroatoms. The predicted octanol–water partition coefficient (Wildman–Crippen LogP) is 4.27. The van der Waals surface area contributed by atoms with Crippen molar-refractivity contribution < 1.29 is 0 Å². The average Bonchev–Trinajstić information content (AvgIpc) is 3.49. The SMILES string of the molecule is CC(C)(c1cccc(-n2ccc3nccnc32)n1)c1cccc(-n2ccc3nccnc32)n1. The molecular weight excluding hydrogens is 412 g/mol. The van der Waals surface area contributed by atoms with Crippen molar-refractivity contribution in [3.63, 3.8) is 0 Å². The maximum absolute atomic E-state index is 4.98. The van der Waals surface area contributed by atoms with Crippen LogP contribution in [-0.2, 0) is 5.41 Å². The molecule has 160 valence electrons. The van der Waals surface area contributed by atoms with Gasteiger partial charge in [0.05, 0.1) is 11.4 Å². The van der Waals surface area contributed by atoms with Gasteiger partial charge >= 0.3 is 0 Å². The van der Waals surface area contributed by atoms with Crippen molar-refractivity contribution >= 4 is 22.3 Å². The lowest BCUT2D eigenvalue weighted by atomic mass is 9.84. The highest BCUT2D eigenvalue weighted by Gasteiger charge is 2.27. The Balaban J connectivity index is 1.42. The van der Waals surface area contributed by atoms with Crippen LogP contribution in [0.25, 0.3) is 34.0 Å². The lowest BCUT2D eigenvalue weighted by molar-refractivity contribution is 0.592. The molecule has 0 saturated carbocycles. The first-order valence-electron chi connectivity index (χ1n) is 10.6. The second kappa shape index (κ2) is 7.30. The van der Waals surface area contributed by atoms with Gasteiger partial charge in [-0.05, 0) is 50.2 Å². The Hall–Kier alpha value is -4.46. The third-order valence-corrected chi connectivity index (χ3v) is 5.87. The van der Waals surface area contributed by atoms with E-state index < -0.39 is 5.41 Å². The second-order valence-corrected chi connectivity index (χ2v) is 8.29. The summed E-state index contributed by atoms with van der Waals surface area (Å²) in [5.74, 6) is 1.58. The normalized spacial score (nSPS) is 11.9. The van der Waals surface area contributed by atoms with Crippen molar-refractivity contribution in [3.05, 3.63) is 97.1 Å². The number of fused-ring (bicyclic) bond motifs is 2. The standard InChI is InChI=1S/C25H20N8/c1-25(2,19-5-3-7-21(30-19)32-15-9-17-23(32)28-13-11-26-17)20-6-4-8-22(31-20)33-16-10-18-24(33)29-14-12-27-18/h3-16H,1-2H3. The second-order valence-electron chi connectivity index (χ2n) is 8.29. The van der Waals surface area contributed by atoms with Gasteiger partial charge in [0.25, 0.3) is 0 Å². The van der Waals surface area contributed by atoms with E-state index in [2.05, 4.69) is 33.8 Å². The summed E-state index contributed by atoms with van der Waals surface area (Å²) in [6.45, 7) is 4.26. The molecule has 0 fully saturated rings. The van der Waals surface area contributed by atoms with Gasteiger partial charge in [0.15, 0.2) is 11.3 Å². The molecule has 0 radical (unpaired) electrons. The summed E-state index contributed by atoms with van der Waals surface area (Å²) in [6.07, 6.45) is 10.7. The molecular formula is C25H20N8. The Morgan fingerprint density at radius 2 is 1.03 bits per heavy atom. The van der Waals surface area contributed by atoms with Crippen molar-refractivity contribution in [1.82, 2.24) is 39.0 Å². The summed E-state index contributed by atoms with van der Waals surface area (Å²) in [6, 6.07) is 15.9. The van der Waals surface area contributed by atoms with Crippen LogP contribution in [0.2, 0.25) is 0 Å². The molecule has 0 amide bonds. The van der Waals surface area contributed by atoms with Gasteiger partial charge in [-0.15, -0.1) is 0 Å². The molecule has 0 aliphatic rings. The van der Waals surface area contributed by atoms with Crippen LogP contribution in [0.5, 0.6) is 0 Å². The van der Waals surface area contributed by atoms with Gasteiger partial charge < -0.3 is 0 Å². The Kier molecular flexibility index (Phi) is 4.26. The van der Waals surface area contributed by atoms with Gasteiger partial charge in [-0.3, -0.25) is 19.1 Å². The molecule has 0 aliphatic carbocycles. The van der Waals surface area contributed by atoms with Crippen molar-refractivity contribution in [2.75, 3.05) is 0 Å². The number of aromatic nitrogens is 8. The van der Waals surface area contributed by atoms with Crippen LogP contribution in [0.15, 0.2) is 85.7 Å². The maximum atomic E-state index is 4.98. The first-order chi connectivity index (χ1) is 16.1. The summed E-state index contributed by atoms with van der Waals surface area (Å²) >= 11 is 0. The number of hydrogen-bond donors (Lipinski definition) is 0. The van der Waals surface area contributed by atoms with Gasteiger partial charge in [0.1, 0.15) is 22.7 Å². The van der Waals surface area contributed by atoms with E-state index in [0.717, 1.165) is 45.4 Å². The molecule has 0 saturated heterocycles. The van der Waals surface area contributed by atoms with Crippen LogP contribution in [0, 0.1) is 0 Å². The maximum Gasteiger partial charge on any atom is 0.164 e. The van der Waals surface area contributed by atoms with E-state index in [4.69, 9.17) is 9.97 Å². The molecule has 0 aromatic carbocycles. The molecule has 6 aromatic rings. The van der Waals surface area contributed by atoms with Crippen LogP contribution in [0.3, 0.4) is 0 Å². The van der Waals surface area contributed by atoms with Gasteiger partial charge in [-0.1, -0.05) is 12.1 Å². The van der Waals surface area contributed by atoms with Crippen LogP contribution >= 0.6 is 0 Å². The molecule has 6 rings (SSSR count). The summed E-state index contributed by atoms with van der Waals surface area (Å²) in [4.78, 5) is 27.6. The monoisotopic (exact) mass is 432 g/mol. The average molecular weight is 432 g/mol. The Morgan fingerprint density at radius 1 is 0.576 bits per heavy atom. The number of nitrogens with zero attached hydrogens (tertiary/aromatic N) is 8. The highest BCUT2D eigenvalue weighted by atomic mass is 15.1. The van der Waals surface area contributed by atoms with E-state index in [0.29, 0.717) is 0 Å². The van der Waals surface area contributed by atoms with Crippen molar-refractivity contribution in [2.24, 2.45) is 0 Å². The number of pyridine rings is 2. The van der Waals surface area contributed by atoms with E-state index in [-0.39, 0.29) is 0 Å². The zero-order valence-electron chi connectivity index (χ0n) is 18.2. The molecule has 0 bridgehead atoms. The Labute approximate surface area is 189 Å². The predicted molar refractivity (Wildman–Crippen MR) is 125 cm³/mol. The fourth-order valence-electron chi connectivity index (χ4n) is 4.03. The molecule has 8 nitrogen and oxygen atoms in total. The molecule has 6 heterocycles. The largest absolute Gasteiger partial charge is 0.284 e. The Morgan fingerprint density at radius 3 is 1.52 bits per heavy atom. The van der Waals surface area contributed by atoms with Crippen LogP contribution in [0.1, 0.15) is 25.2 Å². The van der Waals surface area contributed by atoms with Crippen LogP contribution in [-0.4, -0.2) is 39.0 Å². The highest BCUT2D eigenvalue weighted by Crippen LogP contribution is 2.30. The quantitative estimate of drug-likeness (QED) is 0.413. The minimum Gasteiger partial charge on any atom is -0.284 e. The topological polar surface area (TPSA) is 87.2 Å². The van der Waals surface area contributed by atoms with Crippen LogP contribution < -0.4 is 0 Å². The Bertz CT molecular complexity index is 1490. The molecule has 0 atom stereocenters. The smallest absolute Gasteiger partial charge is 0.164 e. The fraction of sp³-hybridized carbons (Fsp3) is 0.120. The summed E-state index contributed by atoms with van der Waals surface area (Å²) in [7, 11) is 0. The summed E-state index contributed by atoms with van der Waals surface area (Å²) in [5.41, 5.74) is 4.61.